The molecule has 0 radical (unpaired) electrons. The Morgan fingerprint density at radius 3 is 2.90 bits per heavy atom. The van der Waals surface area contributed by atoms with Crippen molar-refractivity contribution in [3.8, 4) is 0 Å². The summed E-state index contributed by atoms with van der Waals surface area (Å²) in [5.74, 6) is -0.730. The lowest BCUT2D eigenvalue weighted by Gasteiger charge is -2.06. The Labute approximate surface area is 130 Å². The molecule has 4 nitrogen and oxygen atoms in total. The van der Waals surface area contributed by atoms with Crippen molar-refractivity contribution in [2.45, 2.75) is 11.4 Å². The SMILES string of the molecule is COC(=O)c1sc(NCc2cccc(F)c2)c(SC)c1N. The zero-order valence-corrected chi connectivity index (χ0v) is 13.2. The highest BCUT2D eigenvalue weighted by atomic mass is 32.2. The van der Waals surface area contributed by atoms with Gasteiger partial charge in [0.05, 0.1) is 17.7 Å². The second kappa shape index (κ2) is 6.82. The summed E-state index contributed by atoms with van der Waals surface area (Å²) < 4.78 is 17.9. The lowest BCUT2D eigenvalue weighted by atomic mass is 10.2. The molecule has 0 fully saturated rings. The second-order valence-corrected chi connectivity index (χ2v) is 6.02. The fourth-order valence-electron chi connectivity index (χ4n) is 1.82. The van der Waals surface area contributed by atoms with Gasteiger partial charge in [-0.25, -0.2) is 9.18 Å². The maximum absolute atomic E-state index is 13.1. The third-order valence-corrected chi connectivity index (χ3v) is 4.92. The van der Waals surface area contributed by atoms with E-state index in [1.807, 2.05) is 12.3 Å². The van der Waals surface area contributed by atoms with Gasteiger partial charge in [0.15, 0.2) is 0 Å². The number of carbonyl (C=O) groups excluding carboxylic acids is 1. The van der Waals surface area contributed by atoms with Gasteiger partial charge in [-0.05, 0) is 24.0 Å². The number of nitrogens with two attached hydrogens (primary N) is 1. The van der Waals surface area contributed by atoms with Crippen LogP contribution in [0.4, 0.5) is 15.1 Å². The Hall–Kier alpha value is -1.73. The molecule has 112 valence electrons. The predicted octanol–water partition coefficient (Wildman–Crippen LogP) is 3.59. The zero-order valence-electron chi connectivity index (χ0n) is 11.6. The van der Waals surface area contributed by atoms with Gasteiger partial charge >= 0.3 is 5.97 Å². The molecule has 0 unspecified atom stereocenters. The summed E-state index contributed by atoms with van der Waals surface area (Å²) in [5, 5.41) is 3.97. The smallest absolute Gasteiger partial charge is 0.350 e. The first-order chi connectivity index (χ1) is 10.1. The molecule has 0 saturated heterocycles. The summed E-state index contributed by atoms with van der Waals surface area (Å²) >= 11 is 2.69. The third kappa shape index (κ3) is 3.48. The van der Waals surface area contributed by atoms with Gasteiger partial charge in [-0.3, -0.25) is 0 Å². The summed E-state index contributed by atoms with van der Waals surface area (Å²) in [7, 11) is 1.32. The van der Waals surface area contributed by atoms with Crippen LogP contribution in [0.15, 0.2) is 29.2 Å². The molecule has 0 aliphatic carbocycles. The van der Waals surface area contributed by atoms with E-state index in [0.29, 0.717) is 17.1 Å². The molecule has 3 N–H and O–H groups in total. The molecule has 0 aliphatic rings. The Morgan fingerprint density at radius 1 is 1.52 bits per heavy atom. The van der Waals surface area contributed by atoms with E-state index in [1.54, 1.807) is 6.07 Å². The number of hydrogen-bond acceptors (Lipinski definition) is 6. The number of carbonyl (C=O) groups is 1. The molecule has 1 heterocycles. The van der Waals surface area contributed by atoms with E-state index in [1.165, 1.54) is 42.3 Å². The van der Waals surface area contributed by atoms with Gasteiger partial charge < -0.3 is 15.8 Å². The topological polar surface area (TPSA) is 64.3 Å². The number of thioether (sulfide) groups is 1. The second-order valence-electron chi connectivity index (χ2n) is 4.18. The van der Waals surface area contributed by atoms with Crippen molar-refractivity contribution in [1.29, 1.82) is 0 Å². The first-order valence-electron chi connectivity index (χ1n) is 6.09. The first kappa shape index (κ1) is 15.7. The minimum Gasteiger partial charge on any atom is -0.465 e. The number of anilines is 2. The Bertz CT molecular complexity index is 658. The van der Waals surface area contributed by atoms with Crippen LogP contribution in [0.5, 0.6) is 0 Å². The van der Waals surface area contributed by atoms with Crippen molar-refractivity contribution < 1.29 is 13.9 Å². The van der Waals surface area contributed by atoms with Crippen LogP contribution in [0.3, 0.4) is 0 Å². The van der Waals surface area contributed by atoms with Crippen LogP contribution in [-0.2, 0) is 11.3 Å². The minimum atomic E-state index is -0.452. The summed E-state index contributed by atoms with van der Waals surface area (Å²) in [4.78, 5) is 12.8. The number of nitrogen functional groups attached to an aromatic ring is 1. The van der Waals surface area contributed by atoms with E-state index in [2.05, 4.69) is 5.32 Å². The van der Waals surface area contributed by atoms with E-state index >= 15 is 0 Å². The van der Waals surface area contributed by atoms with Gasteiger partial charge in [0, 0.05) is 6.54 Å². The number of benzene rings is 1. The third-order valence-electron chi connectivity index (χ3n) is 2.82. The average Bonchev–Trinajstić information content (AvgIpc) is 2.80. The largest absolute Gasteiger partial charge is 0.465 e. The average molecular weight is 326 g/mol. The zero-order chi connectivity index (χ0) is 15.4. The molecule has 21 heavy (non-hydrogen) atoms. The molecule has 2 rings (SSSR count). The molecule has 0 spiro atoms. The molecule has 0 aliphatic heterocycles. The summed E-state index contributed by atoms with van der Waals surface area (Å²) in [6.45, 7) is 0.450. The number of rotatable bonds is 5. The molecular formula is C14H15FN2O2S2. The van der Waals surface area contributed by atoms with Crippen molar-refractivity contribution in [3.05, 3.63) is 40.5 Å². The van der Waals surface area contributed by atoms with Crippen LogP contribution in [0.25, 0.3) is 0 Å². The Morgan fingerprint density at radius 2 is 2.29 bits per heavy atom. The molecule has 2 aromatic rings. The van der Waals surface area contributed by atoms with Gasteiger partial charge in [0.25, 0.3) is 0 Å². The molecular weight excluding hydrogens is 311 g/mol. The molecule has 0 amide bonds. The number of nitrogens with one attached hydrogen (secondary N) is 1. The van der Waals surface area contributed by atoms with Gasteiger partial charge in [-0.15, -0.1) is 23.1 Å². The van der Waals surface area contributed by atoms with Gasteiger partial charge in [-0.1, -0.05) is 12.1 Å². The van der Waals surface area contributed by atoms with Gasteiger partial charge in [0.1, 0.15) is 15.7 Å². The van der Waals surface area contributed by atoms with E-state index in [9.17, 15) is 9.18 Å². The molecule has 1 aromatic carbocycles. The van der Waals surface area contributed by atoms with Crippen LogP contribution in [0.1, 0.15) is 15.2 Å². The lowest BCUT2D eigenvalue weighted by molar-refractivity contribution is 0.0607. The van der Waals surface area contributed by atoms with Crippen molar-refractivity contribution >= 4 is 39.8 Å². The Balaban J connectivity index is 2.21. The van der Waals surface area contributed by atoms with Crippen molar-refractivity contribution in [2.75, 3.05) is 24.4 Å². The number of methoxy groups -OCH3 is 1. The van der Waals surface area contributed by atoms with Crippen LogP contribution in [-0.4, -0.2) is 19.3 Å². The summed E-state index contributed by atoms with van der Waals surface area (Å²) in [6, 6.07) is 6.34. The quantitative estimate of drug-likeness (QED) is 0.649. The molecule has 0 saturated carbocycles. The molecule has 0 bridgehead atoms. The highest BCUT2D eigenvalue weighted by molar-refractivity contribution is 7.99. The first-order valence-corrected chi connectivity index (χ1v) is 8.13. The summed E-state index contributed by atoms with van der Waals surface area (Å²) in [5.41, 5.74) is 7.20. The van der Waals surface area contributed by atoms with E-state index in [-0.39, 0.29) is 5.82 Å². The Kier molecular flexibility index (Phi) is 5.08. The number of halogens is 1. The van der Waals surface area contributed by atoms with Crippen LogP contribution >= 0.6 is 23.1 Å². The molecule has 1 aromatic heterocycles. The number of hydrogen-bond donors (Lipinski definition) is 2. The van der Waals surface area contributed by atoms with Gasteiger partial charge in [-0.2, -0.15) is 0 Å². The number of ether oxygens (including phenoxy) is 1. The normalized spacial score (nSPS) is 10.4. The fourth-order valence-corrected chi connectivity index (χ4v) is 3.77. The van der Waals surface area contributed by atoms with E-state index in [4.69, 9.17) is 10.5 Å². The van der Waals surface area contributed by atoms with Crippen LogP contribution < -0.4 is 11.1 Å². The van der Waals surface area contributed by atoms with Crippen molar-refractivity contribution in [1.82, 2.24) is 0 Å². The maximum Gasteiger partial charge on any atom is 0.350 e. The predicted molar refractivity (Wildman–Crippen MR) is 85.6 cm³/mol. The van der Waals surface area contributed by atoms with Crippen LogP contribution in [0, 0.1) is 5.82 Å². The minimum absolute atomic E-state index is 0.277. The van der Waals surface area contributed by atoms with E-state index < -0.39 is 5.97 Å². The standard InChI is InChI=1S/C14H15FN2O2S2/c1-19-14(18)12-10(16)11(20-2)13(21-12)17-7-8-4-3-5-9(15)6-8/h3-6,17H,7,16H2,1-2H3. The maximum atomic E-state index is 13.1. The highest BCUT2D eigenvalue weighted by Gasteiger charge is 2.21. The monoisotopic (exact) mass is 326 g/mol. The van der Waals surface area contributed by atoms with Crippen molar-refractivity contribution in [3.63, 3.8) is 0 Å². The number of thiophene rings is 1. The summed E-state index contributed by atoms with van der Waals surface area (Å²) in [6.07, 6.45) is 1.88. The molecule has 0 atom stereocenters. The highest BCUT2D eigenvalue weighted by Crippen LogP contribution is 2.42. The fraction of sp³-hybridized carbons (Fsp3) is 0.214. The van der Waals surface area contributed by atoms with E-state index in [0.717, 1.165) is 15.5 Å². The van der Waals surface area contributed by atoms with Crippen LogP contribution in [0.2, 0.25) is 0 Å². The molecule has 7 heteroatoms. The number of esters is 1. The lowest BCUT2D eigenvalue weighted by Crippen LogP contribution is -2.01. The van der Waals surface area contributed by atoms with Crippen molar-refractivity contribution in [2.24, 2.45) is 0 Å². The van der Waals surface area contributed by atoms with Gasteiger partial charge in [0.2, 0.25) is 0 Å².